The standard InChI is InChI=1S/C18H18N2O2/c1-15-7-5-11-17(13-15)22-14-18(21)20-19-12-6-10-16-8-3-2-4-9-16/h2-13H,14H2,1H3,(H,20,21). The lowest BCUT2D eigenvalue weighted by Crippen LogP contribution is -2.24. The number of carbonyl (C=O) groups is 1. The predicted octanol–water partition coefficient (Wildman–Crippen LogP) is 3.19. The molecule has 1 N–H and O–H groups in total. The van der Waals surface area contributed by atoms with Crippen molar-refractivity contribution in [3.05, 3.63) is 71.8 Å². The van der Waals surface area contributed by atoms with E-state index in [1.165, 1.54) is 6.21 Å². The molecule has 0 aliphatic rings. The summed E-state index contributed by atoms with van der Waals surface area (Å²) in [6.07, 6.45) is 5.19. The Bertz CT molecular complexity index is 664. The first kappa shape index (κ1) is 15.5. The average Bonchev–Trinajstić information content (AvgIpc) is 2.54. The van der Waals surface area contributed by atoms with Crippen LogP contribution in [0.5, 0.6) is 5.75 Å². The molecule has 0 saturated heterocycles. The molecule has 0 heterocycles. The summed E-state index contributed by atoms with van der Waals surface area (Å²) >= 11 is 0. The van der Waals surface area contributed by atoms with Crippen molar-refractivity contribution >= 4 is 18.2 Å². The third-order valence-corrected chi connectivity index (χ3v) is 2.80. The van der Waals surface area contributed by atoms with Gasteiger partial charge in [-0.2, -0.15) is 5.10 Å². The molecular weight excluding hydrogens is 276 g/mol. The number of hydrogen-bond donors (Lipinski definition) is 1. The lowest BCUT2D eigenvalue weighted by atomic mass is 10.2. The van der Waals surface area contributed by atoms with Gasteiger partial charge in [0.25, 0.3) is 5.91 Å². The van der Waals surface area contributed by atoms with E-state index in [9.17, 15) is 4.79 Å². The summed E-state index contributed by atoms with van der Waals surface area (Å²) in [6, 6.07) is 17.4. The molecule has 112 valence electrons. The number of nitrogens with one attached hydrogen (secondary N) is 1. The van der Waals surface area contributed by atoms with Crippen molar-refractivity contribution in [2.45, 2.75) is 6.92 Å². The van der Waals surface area contributed by atoms with Crippen LogP contribution in [0.15, 0.2) is 65.8 Å². The maximum absolute atomic E-state index is 11.6. The van der Waals surface area contributed by atoms with Crippen molar-refractivity contribution in [3.8, 4) is 5.75 Å². The SMILES string of the molecule is Cc1cccc(OCC(=O)NN=CC=Cc2ccccc2)c1. The Morgan fingerprint density at radius 1 is 1.18 bits per heavy atom. The van der Waals surface area contributed by atoms with Crippen LogP contribution in [0, 0.1) is 6.92 Å². The molecule has 0 aliphatic carbocycles. The van der Waals surface area contributed by atoms with E-state index in [2.05, 4.69) is 10.5 Å². The molecule has 0 aromatic heterocycles. The molecule has 4 heteroatoms. The maximum Gasteiger partial charge on any atom is 0.277 e. The van der Waals surface area contributed by atoms with Crippen LogP contribution >= 0.6 is 0 Å². The molecule has 4 nitrogen and oxygen atoms in total. The maximum atomic E-state index is 11.6. The Kier molecular flexibility index (Phi) is 5.93. The van der Waals surface area contributed by atoms with Crippen molar-refractivity contribution in [2.24, 2.45) is 5.10 Å². The second-order valence-electron chi connectivity index (χ2n) is 4.69. The molecule has 0 bridgehead atoms. The number of amides is 1. The van der Waals surface area contributed by atoms with Gasteiger partial charge in [0.05, 0.1) is 0 Å². The molecule has 2 rings (SSSR count). The summed E-state index contributed by atoms with van der Waals surface area (Å²) in [4.78, 5) is 11.6. The number of benzene rings is 2. The Balaban J connectivity index is 1.71. The van der Waals surface area contributed by atoms with Crippen LogP contribution < -0.4 is 10.2 Å². The van der Waals surface area contributed by atoms with E-state index in [1.807, 2.05) is 67.6 Å². The smallest absolute Gasteiger partial charge is 0.277 e. The van der Waals surface area contributed by atoms with Gasteiger partial charge in [0.15, 0.2) is 6.61 Å². The molecule has 2 aromatic rings. The molecule has 0 atom stereocenters. The molecule has 0 fully saturated rings. The summed E-state index contributed by atoms with van der Waals surface area (Å²) < 4.78 is 5.37. The lowest BCUT2D eigenvalue weighted by molar-refractivity contribution is -0.123. The molecule has 0 unspecified atom stereocenters. The Morgan fingerprint density at radius 3 is 2.77 bits per heavy atom. The molecule has 22 heavy (non-hydrogen) atoms. The third-order valence-electron chi connectivity index (χ3n) is 2.80. The lowest BCUT2D eigenvalue weighted by Gasteiger charge is -2.05. The number of ether oxygens (including phenoxy) is 1. The largest absolute Gasteiger partial charge is 0.484 e. The highest BCUT2D eigenvalue weighted by Gasteiger charge is 2.00. The second-order valence-corrected chi connectivity index (χ2v) is 4.69. The van der Waals surface area contributed by atoms with Gasteiger partial charge >= 0.3 is 0 Å². The van der Waals surface area contributed by atoms with Crippen LogP contribution in [-0.2, 0) is 4.79 Å². The minimum absolute atomic E-state index is 0.0663. The van der Waals surface area contributed by atoms with Crippen LogP contribution in [0.2, 0.25) is 0 Å². The summed E-state index contributed by atoms with van der Waals surface area (Å²) in [5.41, 5.74) is 4.57. The van der Waals surface area contributed by atoms with E-state index in [-0.39, 0.29) is 12.5 Å². The minimum atomic E-state index is -0.300. The van der Waals surface area contributed by atoms with Gasteiger partial charge in [-0.05, 0) is 36.3 Å². The van der Waals surface area contributed by atoms with Crippen molar-refractivity contribution in [1.29, 1.82) is 0 Å². The van der Waals surface area contributed by atoms with E-state index < -0.39 is 0 Å². The summed E-state index contributed by atoms with van der Waals surface area (Å²) in [5.74, 6) is 0.369. The number of rotatable bonds is 6. The van der Waals surface area contributed by atoms with Gasteiger partial charge in [0, 0.05) is 6.21 Å². The van der Waals surface area contributed by atoms with Gasteiger partial charge in [-0.1, -0.05) is 48.5 Å². The van der Waals surface area contributed by atoms with Crippen LogP contribution in [-0.4, -0.2) is 18.7 Å². The first-order valence-corrected chi connectivity index (χ1v) is 6.97. The van der Waals surface area contributed by atoms with Gasteiger partial charge < -0.3 is 4.74 Å². The van der Waals surface area contributed by atoms with Gasteiger partial charge in [0.2, 0.25) is 0 Å². The normalized spacial score (nSPS) is 11.0. The highest BCUT2D eigenvalue weighted by atomic mass is 16.5. The number of hydrazone groups is 1. The third kappa shape index (κ3) is 5.63. The molecule has 0 aliphatic heterocycles. The van der Waals surface area contributed by atoms with Gasteiger partial charge in [-0.25, -0.2) is 5.43 Å². The zero-order valence-electron chi connectivity index (χ0n) is 12.4. The van der Waals surface area contributed by atoms with Crippen molar-refractivity contribution < 1.29 is 9.53 Å². The first-order valence-electron chi connectivity index (χ1n) is 6.97. The van der Waals surface area contributed by atoms with Gasteiger partial charge in [-0.15, -0.1) is 0 Å². The Labute approximate surface area is 130 Å². The highest BCUT2D eigenvalue weighted by Crippen LogP contribution is 2.11. The highest BCUT2D eigenvalue weighted by molar-refractivity contribution is 5.81. The Morgan fingerprint density at radius 2 is 2.00 bits per heavy atom. The summed E-state index contributed by atoms with van der Waals surface area (Å²) in [5, 5.41) is 3.82. The number of aryl methyl sites for hydroxylation is 1. The number of nitrogens with zero attached hydrogens (tertiary/aromatic N) is 1. The molecule has 2 aromatic carbocycles. The van der Waals surface area contributed by atoms with Crippen LogP contribution in [0.3, 0.4) is 0 Å². The molecule has 1 amide bonds. The van der Waals surface area contributed by atoms with E-state index in [0.29, 0.717) is 5.75 Å². The fourth-order valence-electron chi connectivity index (χ4n) is 1.76. The number of allylic oxidation sites excluding steroid dienone is 1. The quantitative estimate of drug-likeness (QED) is 0.657. The van der Waals surface area contributed by atoms with E-state index >= 15 is 0 Å². The van der Waals surface area contributed by atoms with Crippen LogP contribution in [0.25, 0.3) is 6.08 Å². The van der Waals surface area contributed by atoms with Crippen LogP contribution in [0.1, 0.15) is 11.1 Å². The zero-order valence-corrected chi connectivity index (χ0v) is 12.4. The minimum Gasteiger partial charge on any atom is -0.484 e. The predicted molar refractivity (Wildman–Crippen MR) is 88.8 cm³/mol. The topological polar surface area (TPSA) is 50.7 Å². The molecular formula is C18H18N2O2. The monoisotopic (exact) mass is 294 g/mol. The zero-order chi connectivity index (χ0) is 15.6. The number of carbonyl (C=O) groups excluding carboxylic acids is 1. The summed E-state index contributed by atoms with van der Waals surface area (Å²) in [6.45, 7) is 1.90. The first-order chi connectivity index (χ1) is 10.7. The van der Waals surface area contributed by atoms with E-state index in [4.69, 9.17) is 4.74 Å². The molecule has 0 saturated carbocycles. The Hall–Kier alpha value is -2.88. The van der Waals surface area contributed by atoms with E-state index in [1.54, 1.807) is 6.08 Å². The van der Waals surface area contributed by atoms with E-state index in [0.717, 1.165) is 11.1 Å². The van der Waals surface area contributed by atoms with Crippen LogP contribution in [0.4, 0.5) is 0 Å². The molecule has 0 radical (unpaired) electrons. The fourth-order valence-corrected chi connectivity index (χ4v) is 1.76. The summed E-state index contributed by atoms with van der Waals surface area (Å²) in [7, 11) is 0. The van der Waals surface area contributed by atoms with Crippen molar-refractivity contribution in [1.82, 2.24) is 5.43 Å². The second kappa shape index (κ2) is 8.42. The average molecular weight is 294 g/mol. The van der Waals surface area contributed by atoms with Crippen molar-refractivity contribution in [3.63, 3.8) is 0 Å². The van der Waals surface area contributed by atoms with Gasteiger partial charge in [-0.3, -0.25) is 4.79 Å². The number of hydrogen-bond acceptors (Lipinski definition) is 3. The van der Waals surface area contributed by atoms with Gasteiger partial charge in [0.1, 0.15) is 5.75 Å². The fraction of sp³-hybridized carbons (Fsp3) is 0.111. The molecule has 0 spiro atoms. The van der Waals surface area contributed by atoms with Crippen molar-refractivity contribution in [2.75, 3.05) is 6.61 Å².